The molecule has 1 aliphatic rings. The largest absolute Gasteiger partial charge is 0.0656 e. The lowest BCUT2D eigenvalue weighted by Crippen LogP contribution is -1.98. The molecule has 0 heteroatoms. The van der Waals surface area contributed by atoms with E-state index in [1.807, 2.05) is 0 Å². The van der Waals surface area contributed by atoms with Crippen LogP contribution in [0.1, 0.15) is 66.2 Å². The van der Waals surface area contributed by atoms with Crippen molar-refractivity contribution < 1.29 is 0 Å². The van der Waals surface area contributed by atoms with Crippen molar-refractivity contribution >= 4 is 0 Å². The van der Waals surface area contributed by atoms with Crippen molar-refractivity contribution in [2.24, 2.45) is 11.8 Å². The summed E-state index contributed by atoms with van der Waals surface area (Å²) in [4.78, 5) is 0. The van der Waals surface area contributed by atoms with Crippen molar-refractivity contribution in [3.05, 3.63) is 0 Å². The maximum atomic E-state index is 2.33. The van der Waals surface area contributed by atoms with Crippen LogP contribution in [0, 0.1) is 11.8 Å². The van der Waals surface area contributed by atoms with Crippen molar-refractivity contribution in [2.45, 2.75) is 66.2 Å². The molecule has 0 radical (unpaired) electrons. The fourth-order valence-corrected chi connectivity index (χ4v) is 1.91. The van der Waals surface area contributed by atoms with Gasteiger partial charge in [-0.3, -0.25) is 0 Å². The van der Waals surface area contributed by atoms with Gasteiger partial charge in [-0.15, -0.1) is 0 Å². The molecule has 0 amide bonds. The molecular formula is C12H26. The van der Waals surface area contributed by atoms with Gasteiger partial charge in [0.05, 0.1) is 0 Å². The summed E-state index contributed by atoms with van der Waals surface area (Å²) in [5.41, 5.74) is 0. The second-order valence-electron chi connectivity index (χ2n) is 4.49. The lowest BCUT2D eigenvalue weighted by molar-refractivity contribution is 0.419. The van der Waals surface area contributed by atoms with Gasteiger partial charge >= 0.3 is 0 Å². The van der Waals surface area contributed by atoms with E-state index in [-0.39, 0.29) is 0 Å². The third-order valence-electron chi connectivity index (χ3n) is 2.28. The molecule has 0 heterocycles. The Balaban J connectivity index is 0.000000354. The predicted molar refractivity (Wildman–Crippen MR) is 57.4 cm³/mol. The van der Waals surface area contributed by atoms with Gasteiger partial charge in [0.15, 0.2) is 0 Å². The third-order valence-corrected chi connectivity index (χ3v) is 2.28. The molecule has 1 rings (SSSR count). The zero-order chi connectivity index (χ0) is 9.40. The Morgan fingerprint density at radius 3 is 1.83 bits per heavy atom. The van der Waals surface area contributed by atoms with Crippen LogP contribution in [0.15, 0.2) is 0 Å². The highest BCUT2D eigenvalue weighted by Crippen LogP contribution is 2.29. The number of rotatable bonds is 2. The average molecular weight is 170 g/mol. The van der Waals surface area contributed by atoms with Crippen LogP contribution < -0.4 is 0 Å². The molecule has 0 bridgehead atoms. The molecule has 0 aromatic heterocycles. The van der Waals surface area contributed by atoms with E-state index in [0.717, 1.165) is 11.8 Å². The van der Waals surface area contributed by atoms with Crippen molar-refractivity contribution in [3.63, 3.8) is 0 Å². The van der Waals surface area contributed by atoms with Gasteiger partial charge in [-0.05, 0) is 18.3 Å². The van der Waals surface area contributed by atoms with Crippen LogP contribution in [0.2, 0.25) is 0 Å². The highest BCUT2D eigenvalue weighted by Gasteiger charge is 2.15. The van der Waals surface area contributed by atoms with Gasteiger partial charge in [0.1, 0.15) is 0 Å². The average Bonchev–Trinajstić information content (AvgIpc) is 2.40. The molecule has 0 N–H and O–H groups in total. The first kappa shape index (κ1) is 12.0. The van der Waals surface area contributed by atoms with Gasteiger partial charge in [-0.25, -0.2) is 0 Å². The fourth-order valence-electron chi connectivity index (χ4n) is 1.91. The van der Waals surface area contributed by atoms with E-state index in [4.69, 9.17) is 0 Å². The summed E-state index contributed by atoms with van der Waals surface area (Å²) in [6.07, 6.45) is 8.74. The molecule has 0 aromatic carbocycles. The summed E-state index contributed by atoms with van der Waals surface area (Å²) in [7, 11) is 0. The minimum Gasteiger partial charge on any atom is -0.0656 e. The van der Waals surface area contributed by atoms with Gasteiger partial charge in [0.2, 0.25) is 0 Å². The Bertz CT molecular complexity index is 78.0. The molecule has 1 aliphatic carbocycles. The van der Waals surface area contributed by atoms with Crippen molar-refractivity contribution in [1.82, 2.24) is 0 Å². The zero-order valence-corrected chi connectivity index (χ0v) is 9.40. The van der Waals surface area contributed by atoms with Crippen molar-refractivity contribution in [3.8, 4) is 0 Å². The maximum Gasteiger partial charge on any atom is -0.0412 e. The Labute approximate surface area is 78.8 Å². The van der Waals surface area contributed by atoms with Crippen LogP contribution in [0.25, 0.3) is 0 Å². The number of hydrogen-bond acceptors (Lipinski definition) is 0. The van der Waals surface area contributed by atoms with Crippen LogP contribution in [0.4, 0.5) is 0 Å². The molecule has 0 unspecified atom stereocenters. The van der Waals surface area contributed by atoms with Crippen LogP contribution in [0.5, 0.6) is 0 Å². The zero-order valence-electron chi connectivity index (χ0n) is 9.40. The molecule has 0 spiro atoms. The molecule has 0 atom stereocenters. The minimum absolute atomic E-state index is 0.924. The van der Waals surface area contributed by atoms with Gasteiger partial charge in [-0.2, -0.15) is 0 Å². The molecule has 74 valence electrons. The van der Waals surface area contributed by atoms with E-state index in [9.17, 15) is 0 Å². The highest BCUT2D eigenvalue weighted by molar-refractivity contribution is 4.67. The molecule has 0 nitrogen and oxygen atoms in total. The van der Waals surface area contributed by atoms with Crippen molar-refractivity contribution in [1.29, 1.82) is 0 Å². The first-order valence-electron chi connectivity index (χ1n) is 5.70. The summed E-state index contributed by atoms with van der Waals surface area (Å²) in [6, 6.07) is 0. The lowest BCUT2D eigenvalue weighted by atomic mass is 9.96. The van der Waals surface area contributed by atoms with E-state index < -0.39 is 0 Å². The second kappa shape index (κ2) is 7.64. The first-order chi connectivity index (χ1) is 5.70. The molecule has 12 heavy (non-hydrogen) atoms. The third kappa shape index (κ3) is 6.69. The summed E-state index contributed by atoms with van der Waals surface area (Å²) < 4.78 is 0. The minimum atomic E-state index is 0.924. The lowest BCUT2D eigenvalue weighted by Gasteiger charge is -2.10. The molecule has 1 saturated carbocycles. The van der Waals surface area contributed by atoms with Crippen LogP contribution in [-0.2, 0) is 0 Å². The van der Waals surface area contributed by atoms with E-state index in [2.05, 4.69) is 27.7 Å². The summed E-state index contributed by atoms with van der Waals surface area (Å²) >= 11 is 0. The molecule has 1 fully saturated rings. The molecule has 0 aliphatic heterocycles. The van der Waals surface area contributed by atoms with E-state index in [0.29, 0.717) is 0 Å². The smallest absolute Gasteiger partial charge is 0.0412 e. The van der Waals surface area contributed by atoms with Gasteiger partial charge < -0.3 is 0 Å². The van der Waals surface area contributed by atoms with Gasteiger partial charge in [0.25, 0.3) is 0 Å². The maximum absolute atomic E-state index is 2.33. The summed E-state index contributed by atoms with van der Waals surface area (Å²) in [5, 5.41) is 0. The van der Waals surface area contributed by atoms with Crippen LogP contribution in [-0.4, -0.2) is 0 Å². The second-order valence-corrected chi connectivity index (χ2v) is 4.49. The monoisotopic (exact) mass is 170 g/mol. The summed E-state index contributed by atoms with van der Waals surface area (Å²) in [5.74, 6) is 2.01. The molecule has 0 saturated heterocycles. The standard InChI is InChI=1S/C9H18.C3H8/c1-8(2)7-9-5-3-4-6-9;1-3-2/h8-9H,3-7H2,1-2H3;3H2,1-2H3. The van der Waals surface area contributed by atoms with Gasteiger partial charge in [0, 0.05) is 0 Å². The number of hydrogen-bond donors (Lipinski definition) is 0. The highest BCUT2D eigenvalue weighted by atomic mass is 14.2. The predicted octanol–water partition coefficient (Wildman–Crippen LogP) is 4.64. The Hall–Kier alpha value is 0. The van der Waals surface area contributed by atoms with Crippen LogP contribution >= 0.6 is 0 Å². The fraction of sp³-hybridized carbons (Fsp3) is 1.00. The quantitative estimate of drug-likeness (QED) is 0.566. The van der Waals surface area contributed by atoms with Gasteiger partial charge in [-0.1, -0.05) is 59.8 Å². The van der Waals surface area contributed by atoms with Crippen LogP contribution in [0.3, 0.4) is 0 Å². The Kier molecular flexibility index (Phi) is 7.64. The SMILES string of the molecule is CC(C)CC1CCCC1.CCC. The van der Waals surface area contributed by atoms with E-state index in [1.165, 1.54) is 38.5 Å². The molecule has 0 aromatic rings. The Morgan fingerprint density at radius 1 is 1.08 bits per heavy atom. The van der Waals surface area contributed by atoms with Crippen molar-refractivity contribution in [2.75, 3.05) is 0 Å². The topological polar surface area (TPSA) is 0 Å². The van der Waals surface area contributed by atoms with E-state index >= 15 is 0 Å². The molecular weight excluding hydrogens is 144 g/mol. The van der Waals surface area contributed by atoms with E-state index in [1.54, 1.807) is 0 Å². The normalized spacial score (nSPS) is 17.8. The first-order valence-corrected chi connectivity index (χ1v) is 5.70. The summed E-state index contributed by atoms with van der Waals surface area (Å²) in [6.45, 7) is 8.91. The Morgan fingerprint density at radius 2 is 1.50 bits per heavy atom.